The zero-order chi connectivity index (χ0) is 11.7. The topological polar surface area (TPSA) is 46.5 Å². The van der Waals surface area contributed by atoms with Crippen LogP contribution in [0.25, 0.3) is 11.2 Å². The molecule has 0 radical (unpaired) electrons. The van der Waals surface area contributed by atoms with Crippen molar-refractivity contribution in [3.63, 3.8) is 0 Å². The Morgan fingerprint density at radius 2 is 2.00 bits per heavy atom. The zero-order valence-electron chi connectivity index (χ0n) is 9.00. The van der Waals surface area contributed by atoms with E-state index in [2.05, 4.69) is 15.0 Å². The number of nitrogens with one attached hydrogen (secondary N) is 1. The van der Waals surface area contributed by atoms with Crippen molar-refractivity contribution in [1.82, 2.24) is 19.5 Å². The van der Waals surface area contributed by atoms with Crippen LogP contribution in [0.15, 0.2) is 42.7 Å². The highest BCUT2D eigenvalue weighted by atomic mass is 32.1. The first-order valence-electron chi connectivity index (χ1n) is 5.28. The van der Waals surface area contributed by atoms with Gasteiger partial charge in [0.2, 0.25) is 0 Å². The van der Waals surface area contributed by atoms with Gasteiger partial charge in [0.05, 0.1) is 17.8 Å². The first-order chi connectivity index (χ1) is 8.34. The standard InChI is InChI=1S/C12H10N4S/c17-12-15-10-5-3-7-14-11(10)16(12)8-9-4-1-2-6-13-9/h1-7H,8H2,(H,15,17). The summed E-state index contributed by atoms with van der Waals surface area (Å²) in [6, 6.07) is 9.69. The average molecular weight is 242 g/mol. The molecule has 4 nitrogen and oxygen atoms in total. The van der Waals surface area contributed by atoms with Gasteiger partial charge in [0.1, 0.15) is 0 Å². The van der Waals surface area contributed by atoms with Crippen molar-refractivity contribution < 1.29 is 0 Å². The van der Waals surface area contributed by atoms with Gasteiger partial charge in [-0.3, -0.25) is 9.55 Å². The van der Waals surface area contributed by atoms with E-state index in [1.54, 1.807) is 12.4 Å². The van der Waals surface area contributed by atoms with Gasteiger partial charge in [-0.05, 0) is 36.5 Å². The summed E-state index contributed by atoms with van der Waals surface area (Å²) in [7, 11) is 0. The molecule has 0 amide bonds. The molecule has 0 atom stereocenters. The maximum atomic E-state index is 5.29. The molecular formula is C12H10N4S. The lowest BCUT2D eigenvalue weighted by molar-refractivity contribution is 0.777. The molecule has 3 aromatic rings. The lowest BCUT2D eigenvalue weighted by atomic mass is 10.3. The van der Waals surface area contributed by atoms with Crippen LogP contribution in [0, 0.1) is 4.77 Å². The average Bonchev–Trinajstić information content (AvgIpc) is 2.68. The molecule has 3 heterocycles. The molecule has 0 unspecified atom stereocenters. The number of H-pyrrole nitrogens is 1. The molecular weight excluding hydrogens is 232 g/mol. The Hall–Kier alpha value is -2.01. The quantitative estimate of drug-likeness (QED) is 0.702. The molecule has 0 saturated carbocycles. The van der Waals surface area contributed by atoms with Gasteiger partial charge in [-0.2, -0.15) is 0 Å². The van der Waals surface area contributed by atoms with Crippen molar-refractivity contribution in [2.45, 2.75) is 6.54 Å². The summed E-state index contributed by atoms with van der Waals surface area (Å²) >= 11 is 5.29. The monoisotopic (exact) mass is 242 g/mol. The highest BCUT2D eigenvalue weighted by Gasteiger charge is 2.05. The first-order valence-corrected chi connectivity index (χ1v) is 5.69. The second-order valence-electron chi connectivity index (χ2n) is 3.71. The van der Waals surface area contributed by atoms with Gasteiger partial charge >= 0.3 is 0 Å². The summed E-state index contributed by atoms with van der Waals surface area (Å²) in [5, 5.41) is 0. The van der Waals surface area contributed by atoms with E-state index in [0.717, 1.165) is 16.9 Å². The van der Waals surface area contributed by atoms with Crippen LogP contribution in [0.1, 0.15) is 5.69 Å². The Balaban J connectivity index is 2.12. The lowest BCUT2D eigenvalue weighted by Gasteiger charge is -2.02. The Morgan fingerprint density at radius 1 is 1.12 bits per heavy atom. The fourth-order valence-corrected chi connectivity index (χ4v) is 2.05. The van der Waals surface area contributed by atoms with E-state index in [-0.39, 0.29) is 0 Å². The van der Waals surface area contributed by atoms with Crippen LogP contribution in [0.3, 0.4) is 0 Å². The smallest absolute Gasteiger partial charge is 0.179 e. The summed E-state index contributed by atoms with van der Waals surface area (Å²) in [6.45, 7) is 0.636. The molecule has 0 spiro atoms. The van der Waals surface area contributed by atoms with Crippen molar-refractivity contribution in [2.75, 3.05) is 0 Å². The van der Waals surface area contributed by atoms with E-state index in [1.165, 1.54) is 0 Å². The van der Waals surface area contributed by atoms with E-state index in [9.17, 15) is 0 Å². The maximum Gasteiger partial charge on any atom is 0.179 e. The van der Waals surface area contributed by atoms with E-state index in [4.69, 9.17) is 12.2 Å². The number of nitrogens with zero attached hydrogens (tertiary/aromatic N) is 3. The third kappa shape index (κ3) is 1.85. The highest BCUT2D eigenvalue weighted by molar-refractivity contribution is 7.71. The van der Waals surface area contributed by atoms with Crippen molar-refractivity contribution in [1.29, 1.82) is 0 Å². The number of hydrogen-bond donors (Lipinski definition) is 1. The Kier molecular flexibility index (Phi) is 2.45. The predicted molar refractivity (Wildman–Crippen MR) is 68.3 cm³/mol. The molecule has 0 aliphatic heterocycles. The number of fused-ring (bicyclic) bond motifs is 1. The molecule has 1 N–H and O–H groups in total. The van der Waals surface area contributed by atoms with Gasteiger partial charge in [-0.1, -0.05) is 6.07 Å². The fourth-order valence-electron chi connectivity index (χ4n) is 1.79. The number of rotatable bonds is 2. The number of imidazole rings is 1. The van der Waals surface area contributed by atoms with Crippen molar-refractivity contribution in [2.24, 2.45) is 0 Å². The number of aromatic amines is 1. The summed E-state index contributed by atoms with van der Waals surface area (Å²) in [6.07, 6.45) is 3.54. The van der Waals surface area contributed by atoms with Gasteiger partial charge < -0.3 is 4.98 Å². The molecule has 3 rings (SSSR count). The van der Waals surface area contributed by atoms with Gasteiger partial charge in [-0.25, -0.2) is 4.98 Å². The molecule has 0 aromatic carbocycles. The van der Waals surface area contributed by atoms with Crippen molar-refractivity contribution >= 4 is 23.4 Å². The molecule has 0 fully saturated rings. The third-order valence-corrected chi connectivity index (χ3v) is 2.90. The lowest BCUT2D eigenvalue weighted by Crippen LogP contribution is -2.02. The molecule has 0 aliphatic rings. The van der Waals surface area contributed by atoms with Crippen molar-refractivity contribution in [3.8, 4) is 0 Å². The van der Waals surface area contributed by atoms with Gasteiger partial charge in [-0.15, -0.1) is 0 Å². The Labute approximate surface area is 103 Å². The van der Waals surface area contributed by atoms with E-state index in [0.29, 0.717) is 11.3 Å². The van der Waals surface area contributed by atoms with Crippen LogP contribution in [0.5, 0.6) is 0 Å². The summed E-state index contributed by atoms with van der Waals surface area (Å²) in [5.41, 5.74) is 2.78. The van der Waals surface area contributed by atoms with E-state index >= 15 is 0 Å². The van der Waals surface area contributed by atoms with Crippen LogP contribution in [-0.2, 0) is 6.54 Å². The van der Waals surface area contributed by atoms with Crippen LogP contribution >= 0.6 is 12.2 Å². The predicted octanol–water partition coefficient (Wildman–Crippen LogP) is 2.54. The Morgan fingerprint density at radius 3 is 2.82 bits per heavy atom. The first kappa shape index (κ1) is 10.2. The minimum Gasteiger partial charge on any atom is -0.329 e. The van der Waals surface area contributed by atoms with Gasteiger partial charge in [0, 0.05) is 12.4 Å². The molecule has 0 saturated heterocycles. The second-order valence-corrected chi connectivity index (χ2v) is 4.10. The van der Waals surface area contributed by atoms with Crippen LogP contribution in [0.2, 0.25) is 0 Å². The number of pyridine rings is 2. The highest BCUT2D eigenvalue weighted by Crippen LogP contribution is 2.12. The van der Waals surface area contributed by atoms with Crippen LogP contribution < -0.4 is 0 Å². The molecule has 5 heteroatoms. The minimum atomic E-state index is 0.636. The molecule has 3 aromatic heterocycles. The van der Waals surface area contributed by atoms with E-state index < -0.39 is 0 Å². The maximum absolute atomic E-state index is 5.29. The molecule has 0 aliphatic carbocycles. The van der Waals surface area contributed by atoms with E-state index in [1.807, 2.05) is 34.9 Å². The normalized spacial score (nSPS) is 10.8. The third-order valence-electron chi connectivity index (χ3n) is 2.58. The van der Waals surface area contributed by atoms with Gasteiger partial charge in [0.15, 0.2) is 10.4 Å². The molecule has 17 heavy (non-hydrogen) atoms. The SMILES string of the molecule is S=c1[nH]c2cccnc2n1Cc1ccccn1. The second kappa shape index (κ2) is 4.10. The van der Waals surface area contributed by atoms with Crippen molar-refractivity contribution in [3.05, 3.63) is 53.2 Å². The van der Waals surface area contributed by atoms with Crippen LogP contribution in [-0.4, -0.2) is 19.5 Å². The fraction of sp³-hybridized carbons (Fsp3) is 0.0833. The summed E-state index contributed by atoms with van der Waals surface area (Å²) in [4.78, 5) is 11.8. The zero-order valence-corrected chi connectivity index (χ0v) is 9.81. The molecule has 84 valence electrons. The number of aromatic nitrogens is 4. The molecule has 0 bridgehead atoms. The van der Waals surface area contributed by atoms with Crippen LogP contribution in [0.4, 0.5) is 0 Å². The Bertz CT molecular complexity index is 699. The minimum absolute atomic E-state index is 0.636. The summed E-state index contributed by atoms with van der Waals surface area (Å²) < 4.78 is 2.62. The summed E-state index contributed by atoms with van der Waals surface area (Å²) in [5.74, 6) is 0. The largest absolute Gasteiger partial charge is 0.329 e. The van der Waals surface area contributed by atoms with Gasteiger partial charge in [0.25, 0.3) is 0 Å². The number of hydrogen-bond acceptors (Lipinski definition) is 3.